The van der Waals surface area contributed by atoms with Crippen LogP contribution in [0.5, 0.6) is 0 Å². The average molecular weight is 591 g/mol. The molecular weight excluding hydrogens is 559 g/mol. The number of anilines is 2. The number of halogens is 1. The Morgan fingerprint density at radius 2 is 1.74 bits per heavy atom. The second kappa shape index (κ2) is 11.7. The highest BCUT2D eigenvalue weighted by Crippen LogP contribution is 2.41. The maximum Gasteiger partial charge on any atom is 0.411 e. The number of carbonyl (C=O) groups excluding carboxylic acids is 3. The van der Waals surface area contributed by atoms with Crippen LogP contribution < -0.4 is 21.3 Å². The highest BCUT2D eigenvalue weighted by Gasteiger charge is 2.25. The molecule has 11 nitrogen and oxygen atoms in total. The molecule has 12 heteroatoms. The fourth-order valence-corrected chi connectivity index (χ4v) is 4.68. The zero-order valence-electron chi connectivity index (χ0n) is 24.0. The van der Waals surface area contributed by atoms with E-state index in [1.54, 1.807) is 24.3 Å². The Morgan fingerprint density at radius 3 is 2.44 bits per heavy atom. The first-order valence-corrected chi connectivity index (χ1v) is 13.5. The monoisotopic (exact) mass is 590 g/mol. The number of ether oxygens (including phenoxy) is 2. The minimum absolute atomic E-state index is 0.119. The first-order chi connectivity index (χ1) is 20.4. The number of aliphatic hydroxyl groups is 1. The quantitative estimate of drug-likeness (QED) is 0.222. The average Bonchev–Trinajstić information content (AvgIpc) is 3.31. The second-order valence-electron chi connectivity index (χ2n) is 10.9. The fourth-order valence-electron chi connectivity index (χ4n) is 4.68. The normalized spacial score (nSPS) is 15.5. The van der Waals surface area contributed by atoms with E-state index in [1.807, 2.05) is 20.8 Å². The van der Waals surface area contributed by atoms with Gasteiger partial charge in [-0.25, -0.2) is 9.18 Å². The van der Waals surface area contributed by atoms with Gasteiger partial charge in [0, 0.05) is 52.1 Å². The van der Waals surface area contributed by atoms with Crippen LogP contribution in [0.1, 0.15) is 41.5 Å². The Hall–Kier alpha value is -4.94. The molecule has 2 bridgehead atoms. The highest BCUT2D eigenvalue weighted by molar-refractivity contribution is 6.13. The molecule has 1 aromatic heterocycles. The summed E-state index contributed by atoms with van der Waals surface area (Å²) in [6.45, 7) is 5.26. The molecule has 0 saturated carbocycles. The van der Waals surface area contributed by atoms with Crippen molar-refractivity contribution < 1.29 is 37.8 Å². The lowest BCUT2D eigenvalue weighted by molar-refractivity contribution is -0.0870. The van der Waals surface area contributed by atoms with Crippen molar-refractivity contribution in [1.29, 1.82) is 0 Å². The molecule has 4 aromatic rings. The summed E-state index contributed by atoms with van der Waals surface area (Å²) in [5, 5.41) is 22.1. The van der Waals surface area contributed by atoms with Gasteiger partial charge in [0.1, 0.15) is 23.8 Å². The lowest BCUT2D eigenvalue weighted by atomic mass is 9.96. The molecular formula is C31H31FN4O7. The van der Waals surface area contributed by atoms with E-state index in [4.69, 9.17) is 13.9 Å². The van der Waals surface area contributed by atoms with Crippen LogP contribution >= 0.6 is 0 Å². The zero-order chi connectivity index (χ0) is 30.9. The van der Waals surface area contributed by atoms with Gasteiger partial charge in [0.15, 0.2) is 0 Å². The van der Waals surface area contributed by atoms with Gasteiger partial charge in [0.2, 0.25) is 6.41 Å². The van der Waals surface area contributed by atoms with Crippen LogP contribution in [0.4, 0.5) is 20.6 Å². The Balaban J connectivity index is 1.77. The number of furan rings is 1. The number of hydrogen-bond acceptors (Lipinski definition) is 8. The van der Waals surface area contributed by atoms with Crippen molar-refractivity contribution in [1.82, 2.24) is 10.6 Å². The molecule has 0 fully saturated rings. The van der Waals surface area contributed by atoms with Crippen molar-refractivity contribution in [2.24, 2.45) is 0 Å². The minimum atomic E-state index is -1.51. The van der Waals surface area contributed by atoms with E-state index < -0.39 is 29.8 Å². The van der Waals surface area contributed by atoms with Gasteiger partial charge in [-0.15, -0.1) is 0 Å². The fraction of sp³-hybridized carbons (Fsp3) is 0.258. The summed E-state index contributed by atoms with van der Waals surface area (Å²) in [5.41, 5.74) is 2.20. The van der Waals surface area contributed by atoms with Crippen LogP contribution in [0.3, 0.4) is 0 Å². The summed E-state index contributed by atoms with van der Waals surface area (Å²) >= 11 is 0. The molecule has 0 saturated heterocycles. The van der Waals surface area contributed by atoms with E-state index in [2.05, 4.69) is 21.3 Å². The van der Waals surface area contributed by atoms with Crippen LogP contribution in [0, 0.1) is 5.82 Å². The van der Waals surface area contributed by atoms with Gasteiger partial charge in [-0.3, -0.25) is 14.9 Å². The van der Waals surface area contributed by atoms with E-state index in [0.717, 1.165) is 0 Å². The minimum Gasteiger partial charge on any atom is -0.455 e. The van der Waals surface area contributed by atoms with Crippen LogP contribution in [-0.4, -0.2) is 55.2 Å². The second-order valence-corrected chi connectivity index (χ2v) is 10.9. The Morgan fingerprint density at radius 1 is 1.00 bits per heavy atom. The number of cyclic esters (lactones) is 1. The number of benzene rings is 3. The van der Waals surface area contributed by atoms with Gasteiger partial charge in [-0.2, -0.15) is 0 Å². The van der Waals surface area contributed by atoms with Crippen molar-refractivity contribution in [3.05, 3.63) is 71.5 Å². The van der Waals surface area contributed by atoms with Crippen LogP contribution in [-0.2, 0) is 9.47 Å². The largest absolute Gasteiger partial charge is 0.455 e. The molecule has 1 aliphatic rings. The summed E-state index contributed by atoms with van der Waals surface area (Å²) in [4.78, 5) is 38.9. The molecule has 1 atom stereocenters. The van der Waals surface area contributed by atoms with E-state index in [0.29, 0.717) is 33.3 Å². The summed E-state index contributed by atoms with van der Waals surface area (Å²) < 4.78 is 30.3. The SMILES string of the molecule is CNC(=O)c1c(-c2ccc(F)cc2)oc2cc3c(cc12)-c1cc(cc(C(=O)NC(C)(C)C)c1)NC(=O)OCCOC(O)N3. The first kappa shape index (κ1) is 29.5. The summed E-state index contributed by atoms with van der Waals surface area (Å²) in [5.74, 6) is -1.06. The smallest absolute Gasteiger partial charge is 0.411 e. The molecule has 3 aromatic carbocycles. The van der Waals surface area contributed by atoms with Gasteiger partial charge in [-0.05, 0) is 74.9 Å². The third-order valence-electron chi connectivity index (χ3n) is 6.50. The number of aliphatic hydroxyl groups excluding tert-OH is 1. The maximum absolute atomic E-state index is 13.7. The van der Waals surface area contributed by atoms with Crippen LogP contribution in [0.25, 0.3) is 33.4 Å². The summed E-state index contributed by atoms with van der Waals surface area (Å²) in [7, 11) is 1.48. The summed E-state index contributed by atoms with van der Waals surface area (Å²) in [6.07, 6.45) is -2.29. The third kappa shape index (κ3) is 6.60. The van der Waals surface area contributed by atoms with Gasteiger partial charge in [-0.1, -0.05) is 0 Å². The molecule has 43 heavy (non-hydrogen) atoms. The van der Waals surface area contributed by atoms with E-state index in [1.165, 1.54) is 37.4 Å². The van der Waals surface area contributed by atoms with Crippen molar-refractivity contribution in [3.63, 3.8) is 0 Å². The number of nitrogens with one attached hydrogen (secondary N) is 4. The lowest BCUT2D eigenvalue weighted by Gasteiger charge is -2.21. The first-order valence-electron chi connectivity index (χ1n) is 13.5. The van der Waals surface area contributed by atoms with Crippen molar-refractivity contribution in [2.75, 3.05) is 30.9 Å². The lowest BCUT2D eigenvalue weighted by Crippen LogP contribution is -2.40. The number of rotatable bonds is 3. The number of fused-ring (bicyclic) bond motifs is 5. The molecule has 5 rings (SSSR count). The Labute approximate surface area is 246 Å². The Kier molecular flexibility index (Phi) is 8.07. The van der Waals surface area contributed by atoms with Crippen molar-refractivity contribution in [3.8, 4) is 22.5 Å². The van der Waals surface area contributed by atoms with Crippen molar-refractivity contribution >= 4 is 40.3 Å². The molecule has 5 N–H and O–H groups in total. The standard InChI is InChI=1S/C31H31FN4O7/c1-31(2,3)36-27(37)18-11-17-12-20(13-18)34-29(39)41-9-10-42-30(40)35-23-15-24-22(14-21(17)23)25(28(38)33-4)26(43-24)16-5-7-19(32)8-6-16/h5-8,11-15,30,35,40H,9-10H2,1-4H3,(H,33,38)(H,34,39)(H,36,37). The van der Waals surface area contributed by atoms with Gasteiger partial charge in [0.05, 0.1) is 12.2 Å². The van der Waals surface area contributed by atoms with E-state index in [9.17, 15) is 23.9 Å². The molecule has 1 aliphatic heterocycles. The predicted molar refractivity (Wildman–Crippen MR) is 158 cm³/mol. The number of amides is 3. The van der Waals surface area contributed by atoms with Gasteiger partial charge >= 0.3 is 6.09 Å². The van der Waals surface area contributed by atoms with Gasteiger partial charge in [0.25, 0.3) is 11.8 Å². The Bertz CT molecular complexity index is 1710. The van der Waals surface area contributed by atoms with Crippen LogP contribution in [0.15, 0.2) is 59.0 Å². The third-order valence-corrected chi connectivity index (χ3v) is 6.50. The number of carbonyl (C=O) groups is 3. The predicted octanol–water partition coefficient (Wildman–Crippen LogP) is 5.06. The molecule has 3 amide bonds. The van der Waals surface area contributed by atoms with Crippen molar-refractivity contribution in [2.45, 2.75) is 32.7 Å². The molecule has 2 heterocycles. The highest BCUT2D eigenvalue weighted by atomic mass is 19.1. The molecule has 1 unspecified atom stereocenters. The molecule has 0 aliphatic carbocycles. The molecule has 0 spiro atoms. The van der Waals surface area contributed by atoms with E-state index in [-0.39, 0.29) is 41.7 Å². The topological polar surface area (TPSA) is 151 Å². The number of hydrogen-bond donors (Lipinski definition) is 5. The zero-order valence-corrected chi connectivity index (χ0v) is 24.0. The summed E-state index contributed by atoms with van der Waals surface area (Å²) in [6, 6.07) is 13.6. The molecule has 0 radical (unpaired) electrons. The van der Waals surface area contributed by atoms with Gasteiger partial charge < -0.3 is 34.9 Å². The maximum atomic E-state index is 13.7. The molecule has 224 valence electrons. The van der Waals surface area contributed by atoms with E-state index >= 15 is 0 Å². The van der Waals surface area contributed by atoms with Crippen LogP contribution in [0.2, 0.25) is 0 Å².